The average molecular weight is 273 g/mol. The molecule has 5 nitrogen and oxygen atoms in total. The van der Waals surface area contributed by atoms with Gasteiger partial charge in [0.2, 0.25) is 0 Å². The topological polar surface area (TPSA) is 71.0 Å². The van der Waals surface area contributed by atoms with Gasteiger partial charge in [-0.05, 0) is 49.3 Å². The van der Waals surface area contributed by atoms with Crippen molar-refractivity contribution in [1.82, 2.24) is 15.2 Å². The van der Waals surface area contributed by atoms with Gasteiger partial charge < -0.3 is 9.84 Å². The molecule has 0 aromatic carbocycles. The second kappa shape index (κ2) is 6.05. The van der Waals surface area contributed by atoms with E-state index in [0.717, 1.165) is 36.4 Å². The quantitative estimate of drug-likeness (QED) is 0.847. The predicted molar refractivity (Wildman–Crippen MR) is 75.2 cm³/mol. The van der Waals surface area contributed by atoms with Crippen molar-refractivity contribution in [2.45, 2.75) is 19.3 Å². The van der Waals surface area contributed by atoms with Gasteiger partial charge in [-0.1, -0.05) is 0 Å². The fraction of sp³-hybridized carbons (Fsp3) is 0.467. The molecule has 20 heavy (non-hydrogen) atoms. The number of H-pyrrole nitrogens is 1. The summed E-state index contributed by atoms with van der Waals surface area (Å²) in [5.41, 5.74) is 1.76. The summed E-state index contributed by atoms with van der Waals surface area (Å²) in [4.78, 5) is 4.35. The minimum atomic E-state index is 0.330. The number of aliphatic hydroxyl groups excluding tert-OH is 1. The van der Waals surface area contributed by atoms with Gasteiger partial charge in [-0.15, -0.1) is 0 Å². The first-order valence-corrected chi connectivity index (χ1v) is 7.04. The summed E-state index contributed by atoms with van der Waals surface area (Å²) in [6.45, 7) is 1.05. The van der Waals surface area contributed by atoms with E-state index in [4.69, 9.17) is 9.84 Å². The molecule has 106 valence electrons. The van der Waals surface area contributed by atoms with Gasteiger partial charge in [0.25, 0.3) is 0 Å². The normalized spacial score (nSPS) is 21.4. The standard InChI is InChI=1S/C15H19N3O2/c19-10-12-7-11(8-12)4-6-20-13-1-2-14(16-9-13)15-3-5-17-18-15/h1-3,5,9,11-12,19H,4,6-8,10H2,(H,17,18). The molecule has 1 fully saturated rings. The molecule has 1 aliphatic rings. The lowest BCUT2D eigenvalue weighted by Gasteiger charge is -2.33. The Morgan fingerprint density at radius 1 is 1.25 bits per heavy atom. The van der Waals surface area contributed by atoms with E-state index in [2.05, 4.69) is 15.2 Å². The molecular weight excluding hydrogens is 254 g/mol. The maximum Gasteiger partial charge on any atom is 0.137 e. The molecule has 0 aliphatic heterocycles. The van der Waals surface area contributed by atoms with Gasteiger partial charge in [0, 0.05) is 12.8 Å². The summed E-state index contributed by atoms with van der Waals surface area (Å²) in [6, 6.07) is 5.74. The van der Waals surface area contributed by atoms with Crippen LogP contribution in [0.25, 0.3) is 11.4 Å². The number of rotatable bonds is 6. The van der Waals surface area contributed by atoms with Crippen molar-refractivity contribution in [1.29, 1.82) is 0 Å². The van der Waals surface area contributed by atoms with Crippen molar-refractivity contribution >= 4 is 0 Å². The van der Waals surface area contributed by atoms with E-state index < -0.39 is 0 Å². The highest BCUT2D eigenvalue weighted by Crippen LogP contribution is 2.35. The zero-order chi connectivity index (χ0) is 13.8. The van der Waals surface area contributed by atoms with Crippen LogP contribution < -0.4 is 4.74 Å². The van der Waals surface area contributed by atoms with Crippen LogP contribution in [-0.2, 0) is 0 Å². The smallest absolute Gasteiger partial charge is 0.137 e. The van der Waals surface area contributed by atoms with Gasteiger partial charge >= 0.3 is 0 Å². The van der Waals surface area contributed by atoms with Crippen molar-refractivity contribution in [2.75, 3.05) is 13.2 Å². The number of hydrogen-bond donors (Lipinski definition) is 2. The first-order valence-electron chi connectivity index (χ1n) is 7.04. The Bertz CT molecular complexity index is 519. The van der Waals surface area contributed by atoms with Gasteiger partial charge in [0.05, 0.1) is 24.2 Å². The minimum Gasteiger partial charge on any atom is -0.492 e. The Morgan fingerprint density at radius 2 is 2.15 bits per heavy atom. The average Bonchev–Trinajstić information content (AvgIpc) is 2.96. The van der Waals surface area contributed by atoms with Crippen LogP contribution in [0.1, 0.15) is 19.3 Å². The van der Waals surface area contributed by atoms with Crippen molar-refractivity contribution in [3.05, 3.63) is 30.6 Å². The van der Waals surface area contributed by atoms with Crippen molar-refractivity contribution in [3.8, 4) is 17.1 Å². The summed E-state index contributed by atoms with van der Waals surface area (Å²) in [5.74, 6) is 2.03. The van der Waals surface area contributed by atoms with Gasteiger partial charge in [-0.25, -0.2) is 0 Å². The van der Waals surface area contributed by atoms with Crippen LogP contribution in [0.5, 0.6) is 5.75 Å². The highest BCUT2D eigenvalue weighted by atomic mass is 16.5. The molecule has 0 unspecified atom stereocenters. The first-order chi connectivity index (χ1) is 9.85. The number of aromatic amines is 1. The first kappa shape index (κ1) is 13.1. The SMILES string of the molecule is OCC1CC(CCOc2ccc(-c3ccn[nH]3)nc2)C1. The number of aliphatic hydroxyl groups is 1. The maximum atomic E-state index is 8.97. The molecule has 3 rings (SSSR count). The van der Waals surface area contributed by atoms with Crippen molar-refractivity contribution in [3.63, 3.8) is 0 Å². The van der Waals surface area contributed by atoms with Crippen molar-refractivity contribution in [2.24, 2.45) is 11.8 Å². The lowest BCUT2D eigenvalue weighted by molar-refractivity contribution is 0.0915. The highest BCUT2D eigenvalue weighted by Gasteiger charge is 2.27. The summed E-state index contributed by atoms with van der Waals surface area (Å²) in [6.07, 6.45) is 6.78. The van der Waals surface area contributed by atoms with E-state index in [1.807, 2.05) is 18.2 Å². The highest BCUT2D eigenvalue weighted by molar-refractivity contribution is 5.53. The molecule has 2 N–H and O–H groups in total. The Morgan fingerprint density at radius 3 is 2.80 bits per heavy atom. The molecule has 1 aliphatic carbocycles. The number of hydrogen-bond acceptors (Lipinski definition) is 4. The molecule has 0 atom stereocenters. The van der Waals surface area contributed by atoms with Crippen LogP contribution >= 0.6 is 0 Å². The lowest BCUT2D eigenvalue weighted by Crippen LogP contribution is -2.27. The summed E-state index contributed by atoms with van der Waals surface area (Å²) < 4.78 is 5.70. The van der Waals surface area contributed by atoms with Crippen LogP contribution in [-0.4, -0.2) is 33.5 Å². The molecule has 0 amide bonds. The molecule has 2 heterocycles. The van der Waals surface area contributed by atoms with Crippen LogP contribution in [0.2, 0.25) is 0 Å². The Hall–Kier alpha value is -1.88. The molecule has 2 aromatic rings. The predicted octanol–water partition coefficient (Wildman–Crippen LogP) is 2.26. The Kier molecular flexibility index (Phi) is 3.97. The molecule has 0 spiro atoms. The third-order valence-corrected chi connectivity index (χ3v) is 3.90. The number of nitrogens with one attached hydrogen (secondary N) is 1. The molecule has 5 heteroatoms. The molecule has 1 saturated carbocycles. The van der Waals surface area contributed by atoms with Crippen LogP contribution in [0.3, 0.4) is 0 Å². The number of nitrogens with zero attached hydrogens (tertiary/aromatic N) is 2. The second-order valence-corrected chi connectivity index (χ2v) is 5.37. The molecule has 2 aromatic heterocycles. The summed E-state index contributed by atoms with van der Waals surface area (Å²) in [5, 5.41) is 15.8. The van der Waals surface area contributed by atoms with Gasteiger partial charge in [0.15, 0.2) is 0 Å². The zero-order valence-corrected chi connectivity index (χ0v) is 11.3. The number of aromatic nitrogens is 3. The van der Waals surface area contributed by atoms with E-state index in [9.17, 15) is 0 Å². The Balaban J connectivity index is 1.44. The van der Waals surface area contributed by atoms with E-state index in [0.29, 0.717) is 25.0 Å². The summed E-state index contributed by atoms with van der Waals surface area (Å²) >= 11 is 0. The summed E-state index contributed by atoms with van der Waals surface area (Å²) in [7, 11) is 0. The van der Waals surface area contributed by atoms with Gasteiger partial charge in [-0.2, -0.15) is 5.10 Å². The van der Waals surface area contributed by atoms with E-state index in [1.54, 1.807) is 12.4 Å². The third-order valence-electron chi connectivity index (χ3n) is 3.90. The fourth-order valence-electron chi connectivity index (χ4n) is 2.63. The molecular formula is C15H19N3O2. The lowest BCUT2D eigenvalue weighted by atomic mass is 9.74. The Labute approximate surface area is 118 Å². The fourth-order valence-corrected chi connectivity index (χ4v) is 2.63. The zero-order valence-electron chi connectivity index (χ0n) is 11.3. The van der Waals surface area contributed by atoms with E-state index in [-0.39, 0.29) is 0 Å². The minimum absolute atomic E-state index is 0.330. The monoisotopic (exact) mass is 273 g/mol. The van der Waals surface area contributed by atoms with Crippen LogP contribution in [0, 0.1) is 11.8 Å². The van der Waals surface area contributed by atoms with Gasteiger partial charge in [-0.3, -0.25) is 10.1 Å². The molecule has 0 radical (unpaired) electrons. The van der Waals surface area contributed by atoms with E-state index in [1.165, 1.54) is 0 Å². The van der Waals surface area contributed by atoms with Crippen molar-refractivity contribution < 1.29 is 9.84 Å². The van der Waals surface area contributed by atoms with Crippen LogP contribution in [0.4, 0.5) is 0 Å². The maximum absolute atomic E-state index is 8.97. The molecule has 0 bridgehead atoms. The van der Waals surface area contributed by atoms with E-state index >= 15 is 0 Å². The second-order valence-electron chi connectivity index (χ2n) is 5.37. The number of pyridine rings is 1. The van der Waals surface area contributed by atoms with Gasteiger partial charge in [0.1, 0.15) is 5.75 Å². The largest absolute Gasteiger partial charge is 0.492 e. The molecule has 0 saturated heterocycles. The van der Waals surface area contributed by atoms with Crippen LogP contribution in [0.15, 0.2) is 30.6 Å². The third kappa shape index (κ3) is 2.99. The number of ether oxygens (including phenoxy) is 1.